The number of hydrogen-bond donors (Lipinski definition) is 2. The predicted molar refractivity (Wildman–Crippen MR) is 91.9 cm³/mol. The molecule has 0 aliphatic carbocycles. The second-order valence-electron chi connectivity index (χ2n) is 6.63. The third-order valence-electron chi connectivity index (χ3n) is 5.34. The maximum absolute atomic E-state index is 12.5. The fourth-order valence-corrected chi connectivity index (χ4v) is 6.25. The topological polar surface area (TPSA) is 70.2 Å². The highest BCUT2D eigenvalue weighted by Gasteiger charge is 2.56. The molecule has 2 N–H and O–H groups in total. The van der Waals surface area contributed by atoms with Crippen LogP contribution in [0.25, 0.3) is 0 Å². The number of urea groups is 1. The maximum Gasteiger partial charge on any atom is 0.317 e. The van der Waals surface area contributed by atoms with Gasteiger partial charge >= 0.3 is 6.03 Å². The zero-order chi connectivity index (χ0) is 15.8. The maximum atomic E-state index is 12.5. The monoisotopic (exact) mass is 353 g/mol. The van der Waals surface area contributed by atoms with Crippen molar-refractivity contribution >= 4 is 29.1 Å². The molecule has 3 saturated heterocycles. The first-order valence-corrected chi connectivity index (χ1v) is 10.2. The van der Waals surface area contributed by atoms with Crippen molar-refractivity contribution in [2.45, 2.75) is 42.6 Å². The lowest BCUT2D eigenvalue weighted by Gasteiger charge is -2.25. The number of nitrogens with one attached hydrogen (secondary N) is 2. The van der Waals surface area contributed by atoms with Gasteiger partial charge < -0.3 is 15.5 Å². The fourth-order valence-electron chi connectivity index (χ4n) is 4.42. The summed E-state index contributed by atoms with van der Waals surface area (Å²) in [7, 11) is 0. The van der Waals surface area contributed by atoms with Crippen LogP contribution in [0.4, 0.5) is 4.79 Å². The predicted octanol–water partition coefficient (Wildman–Crippen LogP) is 1.72. The van der Waals surface area contributed by atoms with Gasteiger partial charge in [0.2, 0.25) is 0 Å². The van der Waals surface area contributed by atoms with Crippen molar-refractivity contribution < 1.29 is 4.79 Å². The van der Waals surface area contributed by atoms with E-state index in [4.69, 9.17) is 0 Å². The first-order valence-electron chi connectivity index (χ1n) is 8.44. The van der Waals surface area contributed by atoms with Gasteiger partial charge in [0, 0.05) is 37.5 Å². The van der Waals surface area contributed by atoms with Gasteiger partial charge in [-0.1, -0.05) is 23.1 Å². The molecule has 1 aromatic rings. The number of aryl methyl sites for hydroxylation is 1. The minimum atomic E-state index is 0.156. The Kier molecular flexibility index (Phi) is 4.47. The molecular weight excluding hydrogens is 330 g/mol. The van der Waals surface area contributed by atoms with Crippen LogP contribution < -0.4 is 10.6 Å². The molecule has 4 atom stereocenters. The first-order chi connectivity index (χ1) is 11.2. The minimum absolute atomic E-state index is 0.156. The molecular formula is C15H23N5OS2. The molecule has 2 amide bonds. The van der Waals surface area contributed by atoms with E-state index in [1.807, 2.05) is 6.92 Å². The van der Waals surface area contributed by atoms with Crippen molar-refractivity contribution in [1.29, 1.82) is 0 Å². The van der Waals surface area contributed by atoms with Gasteiger partial charge in [-0.15, -0.1) is 10.2 Å². The van der Waals surface area contributed by atoms with Crippen molar-refractivity contribution in [3.63, 3.8) is 0 Å². The van der Waals surface area contributed by atoms with Crippen LogP contribution in [0.2, 0.25) is 0 Å². The average molecular weight is 354 g/mol. The van der Waals surface area contributed by atoms with Gasteiger partial charge in [-0.2, -0.15) is 0 Å². The van der Waals surface area contributed by atoms with E-state index in [0.717, 1.165) is 41.2 Å². The zero-order valence-corrected chi connectivity index (χ0v) is 15.0. The summed E-state index contributed by atoms with van der Waals surface area (Å²) in [6.07, 6.45) is 3.34. The van der Waals surface area contributed by atoms with Crippen molar-refractivity contribution in [3.8, 4) is 0 Å². The van der Waals surface area contributed by atoms with Crippen LogP contribution in [-0.2, 0) is 0 Å². The van der Waals surface area contributed by atoms with Crippen molar-refractivity contribution in [1.82, 2.24) is 25.7 Å². The van der Waals surface area contributed by atoms with E-state index in [0.29, 0.717) is 23.9 Å². The highest BCUT2D eigenvalue weighted by Crippen LogP contribution is 2.47. The number of carbonyl (C=O) groups is 1. The molecule has 3 fully saturated rings. The molecule has 0 saturated carbocycles. The third-order valence-corrected chi connectivity index (χ3v) is 7.39. The number of hydrogen-bond acceptors (Lipinski definition) is 6. The Balaban J connectivity index is 1.21. The number of aromatic nitrogens is 2. The Hall–Kier alpha value is -0.860. The minimum Gasteiger partial charge on any atom is -0.338 e. The van der Waals surface area contributed by atoms with Crippen LogP contribution in [-0.4, -0.2) is 58.6 Å². The van der Waals surface area contributed by atoms with Crippen LogP contribution in [0, 0.1) is 18.8 Å². The summed E-state index contributed by atoms with van der Waals surface area (Å²) < 4.78 is 1.02. The smallest absolute Gasteiger partial charge is 0.317 e. The summed E-state index contributed by atoms with van der Waals surface area (Å²) in [4.78, 5) is 14.7. The Morgan fingerprint density at radius 1 is 1.35 bits per heavy atom. The van der Waals surface area contributed by atoms with E-state index >= 15 is 0 Å². The number of carbonyl (C=O) groups excluding carboxylic acids is 1. The number of nitrogens with zero attached hydrogens (tertiary/aromatic N) is 3. The van der Waals surface area contributed by atoms with Crippen molar-refractivity contribution in [2.24, 2.45) is 11.8 Å². The highest BCUT2D eigenvalue weighted by molar-refractivity contribution is 8.01. The molecule has 126 valence electrons. The lowest BCUT2D eigenvalue weighted by Crippen LogP contribution is -2.45. The molecule has 4 heterocycles. The van der Waals surface area contributed by atoms with E-state index in [9.17, 15) is 4.79 Å². The molecule has 0 aromatic carbocycles. The van der Waals surface area contributed by atoms with Crippen LogP contribution in [0.3, 0.4) is 0 Å². The number of thioether (sulfide) groups is 1. The van der Waals surface area contributed by atoms with E-state index in [1.165, 1.54) is 12.8 Å². The third kappa shape index (κ3) is 2.96. The van der Waals surface area contributed by atoms with Crippen LogP contribution >= 0.6 is 23.1 Å². The SMILES string of the molecule is Cc1nnc(SCCCNC(=O)N2[C@@H]3CC[C@H]2[C@H]2CNC[C@H]23)s1. The second-order valence-corrected chi connectivity index (χ2v) is 9.15. The van der Waals surface area contributed by atoms with Gasteiger partial charge in [-0.25, -0.2) is 4.79 Å². The van der Waals surface area contributed by atoms with Gasteiger partial charge in [0.15, 0.2) is 4.34 Å². The summed E-state index contributed by atoms with van der Waals surface area (Å²) >= 11 is 3.35. The van der Waals surface area contributed by atoms with Gasteiger partial charge in [-0.3, -0.25) is 0 Å². The van der Waals surface area contributed by atoms with Gasteiger partial charge in [0.25, 0.3) is 0 Å². The van der Waals surface area contributed by atoms with Gasteiger partial charge in [-0.05, 0) is 38.0 Å². The van der Waals surface area contributed by atoms with E-state index < -0.39 is 0 Å². The van der Waals surface area contributed by atoms with Crippen LogP contribution in [0.5, 0.6) is 0 Å². The Labute approximate surface area is 144 Å². The summed E-state index contributed by atoms with van der Waals surface area (Å²) in [6, 6.07) is 1.10. The quantitative estimate of drug-likeness (QED) is 0.623. The molecule has 1 aromatic heterocycles. The van der Waals surface area contributed by atoms with Crippen LogP contribution in [0.1, 0.15) is 24.3 Å². The Bertz CT molecular complexity index is 562. The first kappa shape index (κ1) is 15.7. The van der Waals surface area contributed by atoms with Crippen LogP contribution in [0.15, 0.2) is 4.34 Å². The molecule has 23 heavy (non-hydrogen) atoms. The molecule has 3 aliphatic heterocycles. The summed E-state index contributed by atoms with van der Waals surface area (Å²) in [6.45, 7) is 4.89. The summed E-state index contributed by atoms with van der Waals surface area (Å²) in [5, 5.41) is 15.7. The van der Waals surface area contributed by atoms with Crippen molar-refractivity contribution in [2.75, 3.05) is 25.4 Å². The van der Waals surface area contributed by atoms with E-state index in [2.05, 4.69) is 25.7 Å². The zero-order valence-electron chi connectivity index (χ0n) is 13.3. The molecule has 3 aliphatic rings. The molecule has 2 bridgehead atoms. The van der Waals surface area contributed by atoms with E-state index in [-0.39, 0.29) is 6.03 Å². The normalized spacial score (nSPS) is 31.6. The number of amides is 2. The molecule has 4 rings (SSSR count). The molecule has 0 unspecified atom stereocenters. The fraction of sp³-hybridized carbons (Fsp3) is 0.800. The second kappa shape index (κ2) is 6.57. The molecule has 6 nitrogen and oxygen atoms in total. The van der Waals surface area contributed by atoms with Crippen molar-refractivity contribution in [3.05, 3.63) is 5.01 Å². The highest BCUT2D eigenvalue weighted by atomic mass is 32.2. The standard InChI is InChI=1S/C15H23N5OS2/c1-9-18-19-15(23-9)22-6-2-5-17-14(21)20-12-3-4-13(20)11-8-16-7-10(11)12/h10-13,16H,2-8H2,1H3,(H,17,21)/t10-,11+,12-,13+. The lowest BCUT2D eigenvalue weighted by atomic mass is 9.82. The lowest BCUT2D eigenvalue weighted by molar-refractivity contribution is 0.185. The van der Waals surface area contributed by atoms with Gasteiger partial charge in [0.1, 0.15) is 5.01 Å². The molecule has 0 spiro atoms. The summed E-state index contributed by atoms with van der Waals surface area (Å²) in [5.41, 5.74) is 0. The number of fused-ring (bicyclic) bond motifs is 5. The number of rotatable bonds is 5. The average Bonchev–Trinajstić information content (AvgIpc) is 3.28. The largest absolute Gasteiger partial charge is 0.338 e. The molecule has 8 heteroatoms. The molecule has 0 radical (unpaired) electrons. The van der Waals surface area contributed by atoms with E-state index in [1.54, 1.807) is 23.1 Å². The summed E-state index contributed by atoms with van der Waals surface area (Å²) in [5.74, 6) is 2.35. The Morgan fingerprint density at radius 2 is 2.09 bits per heavy atom. The Morgan fingerprint density at radius 3 is 2.74 bits per heavy atom. The van der Waals surface area contributed by atoms with Gasteiger partial charge in [0.05, 0.1) is 0 Å².